The Morgan fingerprint density at radius 1 is 1.37 bits per heavy atom. The van der Waals surface area contributed by atoms with Gasteiger partial charge in [0.2, 0.25) is 0 Å². The van der Waals surface area contributed by atoms with E-state index in [1.807, 2.05) is 13.0 Å². The van der Waals surface area contributed by atoms with Crippen molar-refractivity contribution in [3.05, 3.63) is 28.2 Å². The maximum Gasteiger partial charge on any atom is 0.157 e. The van der Waals surface area contributed by atoms with Gasteiger partial charge in [0.25, 0.3) is 0 Å². The Hall–Kier alpha value is -1.09. The number of aryl methyl sites for hydroxylation is 1. The summed E-state index contributed by atoms with van der Waals surface area (Å²) in [5.41, 5.74) is 4.69. The van der Waals surface area contributed by atoms with E-state index in [0.29, 0.717) is 11.3 Å². The highest BCUT2D eigenvalue weighted by atomic mass is 35.5. The minimum Gasteiger partial charge on any atom is -0.233 e. The molecule has 0 aliphatic heterocycles. The van der Waals surface area contributed by atoms with Crippen LogP contribution in [0.15, 0.2) is 6.07 Å². The summed E-state index contributed by atoms with van der Waals surface area (Å²) in [5.74, 6) is 0.656. The number of rotatable bonds is 0. The first-order chi connectivity index (χ1) is 9.12. The number of fused-ring (bicyclic) bond motifs is 3. The predicted molar refractivity (Wildman–Crippen MR) is 75.7 cm³/mol. The Balaban J connectivity index is 2.02. The molecule has 2 aromatic rings. The second kappa shape index (κ2) is 3.72. The first kappa shape index (κ1) is 11.7. The van der Waals surface area contributed by atoms with E-state index >= 15 is 0 Å². The Kier molecular flexibility index (Phi) is 2.29. The maximum atomic E-state index is 6.59. The third-order valence-electron chi connectivity index (χ3n) is 5.18. The van der Waals surface area contributed by atoms with Crippen LogP contribution in [0.4, 0.5) is 0 Å². The lowest BCUT2D eigenvalue weighted by Crippen LogP contribution is -2.27. The highest BCUT2D eigenvalue weighted by Gasteiger charge is 2.48. The molecule has 0 bridgehead atoms. The monoisotopic (exact) mass is 275 g/mol. The fourth-order valence-electron chi connectivity index (χ4n) is 4.18. The third-order valence-corrected chi connectivity index (χ3v) is 5.57. The zero-order valence-electron chi connectivity index (χ0n) is 11.4. The fraction of sp³-hybridized carbons (Fsp3) is 0.600. The maximum absolute atomic E-state index is 6.59. The summed E-state index contributed by atoms with van der Waals surface area (Å²) in [6.07, 6.45) is 6.25. The van der Waals surface area contributed by atoms with Gasteiger partial charge in [-0.25, -0.2) is 9.50 Å². The van der Waals surface area contributed by atoms with Gasteiger partial charge in [-0.1, -0.05) is 31.4 Å². The number of hydrogen-bond donors (Lipinski definition) is 0. The molecule has 1 atom stereocenters. The topological polar surface area (TPSA) is 30.2 Å². The SMILES string of the molecule is Cc1cc2nc3c(c(Cl)n2n1)CC(C)C31CCCC1. The second-order valence-electron chi connectivity index (χ2n) is 6.25. The molecule has 2 heterocycles. The summed E-state index contributed by atoms with van der Waals surface area (Å²) in [7, 11) is 0. The molecule has 100 valence electrons. The van der Waals surface area contributed by atoms with Gasteiger partial charge in [0.1, 0.15) is 5.15 Å². The molecule has 19 heavy (non-hydrogen) atoms. The van der Waals surface area contributed by atoms with Gasteiger partial charge < -0.3 is 0 Å². The molecule has 0 amide bonds. The van der Waals surface area contributed by atoms with Crippen molar-refractivity contribution in [1.82, 2.24) is 14.6 Å². The molecule has 1 unspecified atom stereocenters. The van der Waals surface area contributed by atoms with Crippen LogP contribution in [0.1, 0.15) is 49.6 Å². The molecule has 1 fully saturated rings. The van der Waals surface area contributed by atoms with Crippen molar-refractivity contribution >= 4 is 17.2 Å². The Morgan fingerprint density at radius 3 is 2.84 bits per heavy atom. The van der Waals surface area contributed by atoms with Crippen LogP contribution in [0.5, 0.6) is 0 Å². The first-order valence-corrected chi connectivity index (χ1v) is 7.55. The predicted octanol–water partition coefficient (Wildman–Crippen LogP) is 3.70. The molecule has 2 aliphatic carbocycles. The molecule has 0 saturated heterocycles. The summed E-state index contributed by atoms with van der Waals surface area (Å²) in [6, 6.07) is 2.03. The van der Waals surface area contributed by atoms with E-state index in [1.54, 1.807) is 4.52 Å². The van der Waals surface area contributed by atoms with Crippen LogP contribution < -0.4 is 0 Å². The third kappa shape index (κ3) is 1.40. The largest absolute Gasteiger partial charge is 0.233 e. The number of hydrogen-bond acceptors (Lipinski definition) is 2. The Bertz CT molecular complexity index is 668. The quantitative estimate of drug-likeness (QED) is 0.687. The Morgan fingerprint density at radius 2 is 2.11 bits per heavy atom. The summed E-state index contributed by atoms with van der Waals surface area (Å²) < 4.78 is 1.80. The van der Waals surface area contributed by atoms with Gasteiger partial charge in [-0.3, -0.25) is 0 Å². The van der Waals surface area contributed by atoms with Crippen LogP contribution in [0.25, 0.3) is 5.65 Å². The van der Waals surface area contributed by atoms with Gasteiger partial charge in [-0.15, -0.1) is 0 Å². The highest BCUT2D eigenvalue weighted by molar-refractivity contribution is 6.30. The highest BCUT2D eigenvalue weighted by Crippen LogP contribution is 2.53. The van der Waals surface area contributed by atoms with Gasteiger partial charge in [0.15, 0.2) is 5.65 Å². The van der Waals surface area contributed by atoms with Crippen molar-refractivity contribution in [3.63, 3.8) is 0 Å². The molecule has 2 aliphatic rings. The van der Waals surface area contributed by atoms with Crippen LogP contribution in [0.2, 0.25) is 5.15 Å². The van der Waals surface area contributed by atoms with Crippen molar-refractivity contribution < 1.29 is 0 Å². The van der Waals surface area contributed by atoms with Gasteiger partial charge in [0.05, 0.1) is 11.4 Å². The van der Waals surface area contributed by atoms with E-state index in [1.165, 1.54) is 36.9 Å². The van der Waals surface area contributed by atoms with Crippen molar-refractivity contribution in [2.75, 3.05) is 0 Å². The lowest BCUT2D eigenvalue weighted by Gasteiger charge is -2.28. The van der Waals surface area contributed by atoms with E-state index in [0.717, 1.165) is 22.9 Å². The van der Waals surface area contributed by atoms with Crippen molar-refractivity contribution in [1.29, 1.82) is 0 Å². The smallest absolute Gasteiger partial charge is 0.157 e. The molecule has 3 nitrogen and oxygen atoms in total. The number of aromatic nitrogens is 3. The van der Waals surface area contributed by atoms with Crippen LogP contribution in [0, 0.1) is 12.8 Å². The lowest BCUT2D eigenvalue weighted by atomic mass is 9.76. The average molecular weight is 276 g/mol. The molecule has 0 aromatic carbocycles. The minimum atomic E-state index is 0.291. The van der Waals surface area contributed by atoms with Gasteiger partial charge in [-0.2, -0.15) is 5.10 Å². The summed E-state index contributed by atoms with van der Waals surface area (Å²) in [5, 5.41) is 5.23. The normalized spacial score (nSPS) is 24.5. The molecular weight excluding hydrogens is 258 g/mol. The fourth-order valence-corrected chi connectivity index (χ4v) is 4.47. The molecule has 0 N–H and O–H groups in total. The Labute approximate surface area is 118 Å². The van der Waals surface area contributed by atoms with Crippen LogP contribution in [-0.4, -0.2) is 14.6 Å². The van der Waals surface area contributed by atoms with E-state index in [-0.39, 0.29) is 0 Å². The average Bonchev–Trinajstić information content (AvgIpc) is 3.04. The molecule has 0 radical (unpaired) electrons. The van der Waals surface area contributed by atoms with E-state index in [2.05, 4.69) is 12.0 Å². The zero-order valence-corrected chi connectivity index (χ0v) is 12.2. The van der Waals surface area contributed by atoms with Gasteiger partial charge >= 0.3 is 0 Å². The second-order valence-corrected chi connectivity index (χ2v) is 6.61. The first-order valence-electron chi connectivity index (χ1n) is 7.17. The van der Waals surface area contributed by atoms with Crippen molar-refractivity contribution in [2.45, 2.75) is 51.4 Å². The van der Waals surface area contributed by atoms with Gasteiger partial charge in [0, 0.05) is 17.0 Å². The minimum absolute atomic E-state index is 0.291. The summed E-state index contributed by atoms with van der Waals surface area (Å²) in [6.45, 7) is 4.35. The lowest BCUT2D eigenvalue weighted by molar-refractivity contribution is 0.316. The van der Waals surface area contributed by atoms with Crippen LogP contribution in [-0.2, 0) is 11.8 Å². The molecular formula is C15H18ClN3. The molecule has 1 saturated carbocycles. The van der Waals surface area contributed by atoms with Crippen LogP contribution >= 0.6 is 11.6 Å². The molecule has 4 rings (SSSR count). The molecule has 4 heteroatoms. The summed E-state index contributed by atoms with van der Waals surface area (Å²) >= 11 is 6.59. The standard InChI is InChI=1S/C15H18ClN3/c1-9-7-11-13(15(9)5-3-4-6-15)17-12-8-10(2)18-19(12)14(11)16/h8-9H,3-7H2,1-2H3. The van der Waals surface area contributed by atoms with E-state index in [4.69, 9.17) is 16.6 Å². The molecule has 1 spiro atoms. The number of halogens is 1. The van der Waals surface area contributed by atoms with Gasteiger partial charge in [-0.05, 0) is 32.1 Å². The van der Waals surface area contributed by atoms with Crippen molar-refractivity contribution in [3.8, 4) is 0 Å². The van der Waals surface area contributed by atoms with E-state index in [9.17, 15) is 0 Å². The number of nitrogens with zero attached hydrogens (tertiary/aromatic N) is 3. The van der Waals surface area contributed by atoms with Crippen LogP contribution in [0.3, 0.4) is 0 Å². The van der Waals surface area contributed by atoms with Crippen molar-refractivity contribution in [2.24, 2.45) is 5.92 Å². The summed E-state index contributed by atoms with van der Waals surface area (Å²) in [4.78, 5) is 4.94. The van der Waals surface area contributed by atoms with E-state index < -0.39 is 0 Å². The zero-order chi connectivity index (χ0) is 13.2. The molecule has 2 aromatic heterocycles.